The fourth-order valence-corrected chi connectivity index (χ4v) is 5.08. The highest BCUT2D eigenvalue weighted by atomic mass is 32.2. The summed E-state index contributed by atoms with van der Waals surface area (Å²) in [7, 11) is -2.99. The maximum Gasteiger partial charge on any atom is 0.239 e. The summed E-state index contributed by atoms with van der Waals surface area (Å²) in [6.45, 7) is 8.67. The van der Waals surface area contributed by atoms with E-state index in [0.717, 1.165) is 18.5 Å². The van der Waals surface area contributed by atoms with Crippen molar-refractivity contribution in [2.75, 3.05) is 23.0 Å². The number of rotatable bonds is 7. The van der Waals surface area contributed by atoms with Crippen LogP contribution < -0.4 is 10.2 Å². The third-order valence-electron chi connectivity index (χ3n) is 5.12. The van der Waals surface area contributed by atoms with Crippen molar-refractivity contribution in [3.05, 3.63) is 29.3 Å². The van der Waals surface area contributed by atoms with E-state index >= 15 is 0 Å². The molecular weight excluding hydrogens is 336 g/mol. The quantitative estimate of drug-likeness (QED) is 0.805. The molecule has 1 aromatic carbocycles. The van der Waals surface area contributed by atoms with Gasteiger partial charge in [0.05, 0.1) is 18.1 Å². The second-order valence-corrected chi connectivity index (χ2v) is 9.26. The number of nitrogens with zero attached hydrogens (tertiary/aromatic N) is 1. The minimum absolute atomic E-state index is 0.0629. The summed E-state index contributed by atoms with van der Waals surface area (Å²) in [5.74, 6) is 0.130. The molecule has 1 aliphatic rings. The van der Waals surface area contributed by atoms with Gasteiger partial charge in [0.2, 0.25) is 5.91 Å². The highest BCUT2D eigenvalue weighted by molar-refractivity contribution is 7.91. The van der Waals surface area contributed by atoms with E-state index in [1.165, 1.54) is 11.1 Å². The molecule has 0 bridgehead atoms. The zero-order valence-electron chi connectivity index (χ0n) is 15.7. The Kier molecular flexibility index (Phi) is 6.49. The summed E-state index contributed by atoms with van der Waals surface area (Å²) in [5, 5.41) is 2.90. The SMILES string of the molecule is CCC(CC)N(CC(=O)NC1CCS(=O)(=O)C1)c1ccc(C)c(C)c1. The predicted octanol–water partition coefficient (Wildman–Crippen LogP) is 2.60. The van der Waals surface area contributed by atoms with E-state index in [9.17, 15) is 13.2 Å². The number of carbonyl (C=O) groups is 1. The van der Waals surface area contributed by atoms with Gasteiger partial charge in [-0.25, -0.2) is 8.42 Å². The summed E-state index contributed by atoms with van der Waals surface area (Å²) in [4.78, 5) is 14.7. The minimum atomic E-state index is -2.99. The van der Waals surface area contributed by atoms with Gasteiger partial charge in [-0.15, -0.1) is 0 Å². The first-order valence-corrected chi connectivity index (χ1v) is 10.9. The first-order chi connectivity index (χ1) is 11.8. The lowest BCUT2D eigenvalue weighted by molar-refractivity contribution is -0.120. The van der Waals surface area contributed by atoms with E-state index < -0.39 is 9.84 Å². The third-order valence-corrected chi connectivity index (χ3v) is 6.88. The Hall–Kier alpha value is -1.56. The van der Waals surface area contributed by atoms with Gasteiger partial charge in [0.25, 0.3) is 0 Å². The van der Waals surface area contributed by atoms with Crippen LogP contribution in [-0.4, -0.2) is 44.5 Å². The van der Waals surface area contributed by atoms with Crippen LogP contribution in [0.3, 0.4) is 0 Å². The van der Waals surface area contributed by atoms with E-state index in [2.05, 4.69) is 56.1 Å². The Morgan fingerprint density at radius 3 is 2.44 bits per heavy atom. The molecule has 0 aromatic heterocycles. The van der Waals surface area contributed by atoms with E-state index in [0.29, 0.717) is 6.42 Å². The van der Waals surface area contributed by atoms with Crippen LogP contribution in [0.5, 0.6) is 0 Å². The topological polar surface area (TPSA) is 66.5 Å². The molecule has 2 rings (SSSR count). The van der Waals surface area contributed by atoms with Crippen LogP contribution in [0.4, 0.5) is 5.69 Å². The molecule has 1 atom stereocenters. The van der Waals surface area contributed by atoms with Crippen LogP contribution in [-0.2, 0) is 14.6 Å². The molecule has 140 valence electrons. The molecular formula is C19H30N2O3S. The number of amides is 1. The highest BCUT2D eigenvalue weighted by Crippen LogP contribution is 2.23. The lowest BCUT2D eigenvalue weighted by Crippen LogP contribution is -2.46. The fraction of sp³-hybridized carbons (Fsp3) is 0.632. The van der Waals surface area contributed by atoms with Crippen molar-refractivity contribution in [1.29, 1.82) is 0 Å². The molecule has 1 aliphatic heterocycles. The van der Waals surface area contributed by atoms with Crippen molar-refractivity contribution >= 4 is 21.4 Å². The molecule has 1 amide bonds. The van der Waals surface area contributed by atoms with Crippen LogP contribution in [0.15, 0.2) is 18.2 Å². The average Bonchev–Trinajstić information content (AvgIpc) is 2.88. The molecule has 5 nitrogen and oxygen atoms in total. The van der Waals surface area contributed by atoms with Gasteiger partial charge in [-0.3, -0.25) is 4.79 Å². The Balaban J connectivity index is 2.13. The van der Waals surface area contributed by atoms with Crippen molar-refractivity contribution in [2.24, 2.45) is 0 Å². The number of aryl methyl sites for hydroxylation is 2. The molecule has 1 N–H and O–H groups in total. The first kappa shape index (κ1) is 19.8. The second kappa shape index (κ2) is 8.21. The zero-order valence-corrected chi connectivity index (χ0v) is 16.5. The number of carbonyl (C=O) groups excluding carboxylic acids is 1. The van der Waals surface area contributed by atoms with E-state index in [-0.39, 0.29) is 36.0 Å². The lowest BCUT2D eigenvalue weighted by Gasteiger charge is -2.33. The number of benzene rings is 1. The molecule has 25 heavy (non-hydrogen) atoms. The lowest BCUT2D eigenvalue weighted by atomic mass is 10.1. The van der Waals surface area contributed by atoms with Crippen LogP contribution in [0.25, 0.3) is 0 Å². The Morgan fingerprint density at radius 2 is 1.92 bits per heavy atom. The first-order valence-electron chi connectivity index (χ1n) is 9.09. The van der Waals surface area contributed by atoms with E-state index in [4.69, 9.17) is 0 Å². The van der Waals surface area contributed by atoms with Crippen molar-refractivity contribution < 1.29 is 13.2 Å². The zero-order chi connectivity index (χ0) is 18.6. The minimum Gasteiger partial charge on any atom is -0.359 e. The summed E-state index contributed by atoms with van der Waals surface area (Å²) in [6, 6.07) is 6.30. The van der Waals surface area contributed by atoms with E-state index in [1.807, 2.05) is 0 Å². The van der Waals surface area contributed by atoms with Gasteiger partial charge in [0, 0.05) is 17.8 Å². The van der Waals surface area contributed by atoms with Crippen LogP contribution in [0.1, 0.15) is 44.2 Å². The molecule has 0 radical (unpaired) electrons. The average molecular weight is 367 g/mol. The van der Waals surface area contributed by atoms with Gasteiger partial charge >= 0.3 is 0 Å². The van der Waals surface area contributed by atoms with Gasteiger partial charge in [-0.05, 0) is 56.4 Å². The highest BCUT2D eigenvalue weighted by Gasteiger charge is 2.29. The Morgan fingerprint density at radius 1 is 1.24 bits per heavy atom. The van der Waals surface area contributed by atoms with Crippen LogP contribution in [0.2, 0.25) is 0 Å². The Bertz CT molecular complexity index is 711. The third kappa shape index (κ3) is 5.21. The van der Waals surface area contributed by atoms with Crippen molar-refractivity contribution in [2.45, 2.75) is 59.0 Å². The standard InChI is InChI=1S/C19H30N2O3S/c1-5-17(6-2)21(18-8-7-14(3)15(4)11-18)12-19(22)20-16-9-10-25(23,24)13-16/h7-8,11,16-17H,5-6,9-10,12-13H2,1-4H3,(H,20,22). The molecule has 6 heteroatoms. The molecule has 1 fully saturated rings. The van der Waals surface area contributed by atoms with Crippen molar-refractivity contribution in [3.8, 4) is 0 Å². The summed E-state index contributed by atoms with van der Waals surface area (Å²) in [5.41, 5.74) is 3.48. The Labute approximate surface area is 151 Å². The summed E-state index contributed by atoms with van der Waals surface area (Å²) in [6.07, 6.45) is 2.42. The second-order valence-electron chi connectivity index (χ2n) is 7.03. The molecule has 1 heterocycles. The molecule has 1 unspecified atom stereocenters. The molecule has 0 saturated carbocycles. The van der Waals surface area contributed by atoms with E-state index in [1.54, 1.807) is 0 Å². The maximum absolute atomic E-state index is 12.5. The van der Waals surface area contributed by atoms with Gasteiger partial charge in [0.1, 0.15) is 0 Å². The van der Waals surface area contributed by atoms with Gasteiger partial charge in [-0.2, -0.15) is 0 Å². The number of sulfone groups is 1. The summed E-state index contributed by atoms with van der Waals surface area (Å²) >= 11 is 0. The number of hydrogen-bond acceptors (Lipinski definition) is 4. The normalized spacial score (nSPS) is 19.2. The largest absolute Gasteiger partial charge is 0.359 e. The number of hydrogen-bond donors (Lipinski definition) is 1. The van der Waals surface area contributed by atoms with Crippen molar-refractivity contribution in [3.63, 3.8) is 0 Å². The van der Waals surface area contributed by atoms with Gasteiger partial charge < -0.3 is 10.2 Å². The molecule has 1 aromatic rings. The molecule has 0 spiro atoms. The summed E-state index contributed by atoms with van der Waals surface area (Å²) < 4.78 is 23.1. The number of nitrogens with one attached hydrogen (secondary N) is 1. The van der Waals surface area contributed by atoms with Crippen LogP contribution in [0, 0.1) is 13.8 Å². The number of anilines is 1. The van der Waals surface area contributed by atoms with Crippen molar-refractivity contribution in [1.82, 2.24) is 5.32 Å². The monoisotopic (exact) mass is 366 g/mol. The predicted molar refractivity (Wildman–Crippen MR) is 103 cm³/mol. The maximum atomic E-state index is 12.5. The van der Waals surface area contributed by atoms with Gasteiger partial charge in [-0.1, -0.05) is 19.9 Å². The fourth-order valence-electron chi connectivity index (χ4n) is 3.40. The van der Waals surface area contributed by atoms with Crippen LogP contribution >= 0.6 is 0 Å². The smallest absolute Gasteiger partial charge is 0.239 e. The molecule has 1 saturated heterocycles. The van der Waals surface area contributed by atoms with Gasteiger partial charge in [0.15, 0.2) is 9.84 Å². The molecule has 0 aliphatic carbocycles.